The van der Waals surface area contributed by atoms with Crippen molar-refractivity contribution in [3.63, 3.8) is 0 Å². The first-order valence-corrected chi connectivity index (χ1v) is 9.33. The Morgan fingerprint density at radius 1 is 1.03 bits per heavy atom. The highest BCUT2D eigenvalue weighted by atomic mass is 16.5. The van der Waals surface area contributed by atoms with Crippen molar-refractivity contribution in [2.24, 2.45) is 5.41 Å². The van der Waals surface area contributed by atoms with Crippen molar-refractivity contribution in [1.82, 2.24) is 5.32 Å². The number of amides is 2. The maximum Gasteiger partial charge on any atom is 0.240 e. The van der Waals surface area contributed by atoms with Gasteiger partial charge in [-0.3, -0.25) is 9.59 Å². The lowest BCUT2D eigenvalue weighted by Gasteiger charge is -2.16. The molecule has 150 valence electrons. The first kappa shape index (κ1) is 20.2. The van der Waals surface area contributed by atoms with E-state index in [9.17, 15) is 9.59 Å². The maximum atomic E-state index is 12.6. The van der Waals surface area contributed by atoms with Gasteiger partial charge in [0.15, 0.2) is 11.5 Å². The fourth-order valence-corrected chi connectivity index (χ4v) is 3.09. The minimum Gasteiger partial charge on any atom is -0.493 e. The summed E-state index contributed by atoms with van der Waals surface area (Å²) in [5.74, 6) is 0.712. The number of ether oxygens (including phenoxy) is 2. The van der Waals surface area contributed by atoms with Crippen molar-refractivity contribution in [2.75, 3.05) is 26.1 Å². The Hall–Kier alpha value is -3.53. The number of rotatable bonds is 8. The molecule has 0 saturated heterocycles. The molecular weight excluding hydrogens is 370 g/mol. The minimum atomic E-state index is -1.01. The van der Waals surface area contributed by atoms with Gasteiger partial charge >= 0.3 is 0 Å². The van der Waals surface area contributed by atoms with Gasteiger partial charge in [-0.05, 0) is 61.2 Å². The normalized spacial score (nSPS) is 13.7. The molecule has 3 rings (SSSR count). The average Bonchev–Trinajstić information content (AvgIpc) is 3.56. The van der Waals surface area contributed by atoms with Crippen molar-refractivity contribution in [2.45, 2.75) is 19.3 Å². The van der Waals surface area contributed by atoms with Crippen LogP contribution in [0.3, 0.4) is 0 Å². The molecule has 0 aliphatic heterocycles. The molecule has 29 heavy (non-hydrogen) atoms. The van der Waals surface area contributed by atoms with Crippen molar-refractivity contribution >= 4 is 17.5 Å². The van der Waals surface area contributed by atoms with Crippen LogP contribution in [0.25, 0.3) is 0 Å². The van der Waals surface area contributed by atoms with Crippen LogP contribution in [-0.2, 0) is 16.0 Å². The number of nitriles is 1. The summed E-state index contributed by atoms with van der Waals surface area (Å²) in [7, 11) is 3.16. The number of nitrogens with zero attached hydrogens (tertiary/aromatic N) is 1. The number of methoxy groups -OCH3 is 2. The van der Waals surface area contributed by atoms with Crippen LogP contribution in [0, 0.1) is 16.7 Å². The lowest BCUT2D eigenvalue weighted by Crippen LogP contribution is -2.40. The van der Waals surface area contributed by atoms with E-state index in [0.717, 1.165) is 5.56 Å². The summed E-state index contributed by atoms with van der Waals surface area (Å²) < 4.78 is 10.5. The Morgan fingerprint density at radius 3 is 2.31 bits per heavy atom. The second-order valence-electron chi connectivity index (χ2n) is 6.92. The molecule has 0 atom stereocenters. The van der Waals surface area contributed by atoms with Crippen LogP contribution in [0.1, 0.15) is 24.0 Å². The van der Waals surface area contributed by atoms with E-state index in [1.807, 2.05) is 24.3 Å². The highest BCUT2D eigenvalue weighted by molar-refractivity contribution is 6.13. The van der Waals surface area contributed by atoms with Crippen LogP contribution in [0.2, 0.25) is 0 Å². The largest absolute Gasteiger partial charge is 0.493 e. The molecule has 2 aromatic carbocycles. The smallest absolute Gasteiger partial charge is 0.240 e. The Labute approximate surface area is 169 Å². The standard InChI is InChI=1S/C22H23N3O4/c1-28-18-8-5-15(13-19(18)29-2)9-12-24-20(26)22(10-11-22)21(27)25-17-6-3-16(14-23)4-7-17/h3-8,13H,9-12H2,1-2H3,(H,24,26)(H,25,27). The van der Waals surface area contributed by atoms with E-state index >= 15 is 0 Å². The molecule has 2 N–H and O–H groups in total. The van der Waals surface area contributed by atoms with Crippen LogP contribution >= 0.6 is 0 Å². The van der Waals surface area contributed by atoms with Gasteiger partial charge in [0, 0.05) is 12.2 Å². The molecule has 0 spiro atoms. The fourth-order valence-electron chi connectivity index (χ4n) is 3.09. The summed E-state index contributed by atoms with van der Waals surface area (Å²) in [5, 5.41) is 14.5. The van der Waals surface area contributed by atoms with E-state index < -0.39 is 5.41 Å². The molecule has 1 fully saturated rings. The number of carbonyl (C=O) groups excluding carboxylic acids is 2. The predicted octanol–water partition coefficient (Wildman–Crippen LogP) is 2.65. The average molecular weight is 393 g/mol. The summed E-state index contributed by atoms with van der Waals surface area (Å²) in [6, 6.07) is 14.2. The molecule has 2 amide bonds. The second-order valence-corrected chi connectivity index (χ2v) is 6.92. The SMILES string of the molecule is COc1ccc(CCNC(=O)C2(C(=O)Nc3ccc(C#N)cc3)CC2)cc1OC. The third kappa shape index (κ3) is 4.49. The summed E-state index contributed by atoms with van der Waals surface area (Å²) in [5.41, 5.74) is 1.07. The van der Waals surface area contributed by atoms with Gasteiger partial charge in [0.1, 0.15) is 5.41 Å². The van der Waals surface area contributed by atoms with Gasteiger partial charge in [-0.25, -0.2) is 0 Å². The zero-order valence-electron chi connectivity index (χ0n) is 16.5. The first-order chi connectivity index (χ1) is 14.0. The van der Waals surface area contributed by atoms with Gasteiger partial charge in [-0.1, -0.05) is 6.07 Å². The van der Waals surface area contributed by atoms with E-state index in [2.05, 4.69) is 10.6 Å². The number of benzene rings is 2. The summed E-state index contributed by atoms with van der Waals surface area (Å²) >= 11 is 0. The maximum absolute atomic E-state index is 12.6. The monoisotopic (exact) mass is 393 g/mol. The zero-order valence-corrected chi connectivity index (χ0v) is 16.5. The topological polar surface area (TPSA) is 100 Å². The van der Waals surface area contributed by atoms with E-state index in [1.54, 1.807) is 38.5 Å². The Balaban J connectivity index is 1.54. The van der Waals surface area contributed by atoms with Crippen molar-refractivity contribution < 1.29 is 19.1 Å². The zero-order chi connectivity index (χ0) is 20.9. The lowest BCUT2D eigenvalue weighted by atomic mass is 10.0. The molecule has 2 aromatic rings. The molecule has 0 radical (unpaired) electrons. The quantitative estimate of drug-likeness (QED) is 0.672. The molecule has 0 unspecified atom stereocenters. The van der Waals surface area contributed by atoms with Crippen molar-refractivity contribution in [3.05, 3.63) is 53.6 Å². The molecule has 7 nitrogen and oxygen atoms in total. The molecule has 7 heteroatoms. The van der Waals surface area contributed by atoms with E-state index in [1.165, 1.54) is 0 Å². The van der Waals surface area contributed by atoms with Gasteiger partial charge in [-0.15, -0.1) is 0 Å². The molecule has 0 aromatic heterocycles. The number of hydrogen-bond acceptors (Lipinski definition) is 5. The first-order valence-electron chi connectivity index (χ1n) is 9.33. The number of anilines is 1. The van der Waals surface area contributed by atoms with Crippen LogP contribution in [0.15, 0.2) is 42.5 Å². The molecule has 1 aliphatic carbocycles. The van der Waals surface area contributed by atoms with Crippen molar-refractivity contribution in [1.29, 1.82) is 5.26 Å². The molecular formula is C22H23N3O4. The lowest BCUT2D eigenvalue weighted by molar-refractivity contribution is -0.134. The minimum absolute atomic E-state index is 0.260. The Morgan fingerprint density at radius 2 is 1.72 bits per heavy atom. The number of carbonyl (C=O) groups is 2. The van der Waals surface area contributed by atoms with Crippen LogP contribution in [-0.4, -0.2) is 32.6 Å². The molecule has 0 heterocycles. The summed E-state index contributed by atoms with van der Waals surface area (Å²) in [6.45, 7) is 0.417. The predicted molar refractivity (Wildman–Crippen MR) is 108 cm³/mol. The highest BCUT2D eigenvalue weighted by Gasteiger charge is 2.56. The van der Waals surface area contributed by atoms with Crippen LogP contribution < -0.4 is 20.1 Å². The van der Waals surface area contributed by atoms with Gasteiger partial charge in [0.25, 0.3) is 0 Å². The summed E-state index contributed by atoms with van der Waals surface area (Å²) in [4.78, 5) is 25.2. The van der Waals surface area contributed by atoms with E-state index in [-0.39, 0.29) is 11.8 Å². The Bertz CT molecular complexity index is 944. The molecule has 1 saturated carbocycles. The fraction of sp³-hybridized carbons (Fsp3) is 0.318. The highest BCUT2D eigenvalue weighted by Crippen LogP contribution is 2.46. The summed E-state index contributed by atoms with van der Waals surface area (Å²) in [6.07, 6.45) is 1.66. The second kappa shape index (κ2) is 8.65. The molecule has 0 bridgehead atoms. The Kier molecular flexibility index (Phi) is 6.03. The number of hydrogen-bond donors (Lipinski definition) is 2. The van der Waals surface area contributed by atoms with Crippen LogP contribution in [0.4, 0.5) is 5.69 Å². The van der Waals surface area contributed by atoms with Crippen LogP contribution in [0.5, 0.6) is 11.5 Å². The van der Waals surface area contributed by atoms with Gasteiger partial charge < -0.3 is 20.1 Å². The number of nitrogens with one attached hydrogen (secondary N) is 2. The third-order valence-electron chi connectivity index (χ3n) is 5.04. The van der Waals surface area contributed by atoms with Gasteiger partial charge in [-0.2, -0.15) is 5.26 Å². The molecule has 1 aliphatic rings. The van der Waals surface area contributed by atoms with Gasteiger partial charge in [0.2, 0.25) is 11.8 Å². The van der Waals surface area contributed by atoms with Gasteiger partial charge in [0.05, 0.1) is 25.9 Å². The van der Waals surface area contributed by atoms with Crippen molar-refractivity contribution in [3.8, 4) is 17.6 Å². The third-order valence-corrected chi connectivity index (χ3v) is 5.04. The van der Waals surface area contributed by atoms with E-state index in [0.29, 0.717) is 48.6 Å². The van der Waals surface area contributed by atoms with E-state index in [4.69, 9.17) is 14.7 Å².